The zero-order valence-corrected chi connectivity index (χ0v) is 9.49. The van der Waals surface area contributed by atoms with Crippen LogP contribution in [0.15, 0.2) is 35.4 Å². The van der Waals surface area contributed by atoms with Crippen LogP contribution in [0.25, 0.3) is 0 Å². The molecule has 0 radical (unpaired) electrons. The van der Waals surface area contributed by atoms with Crippen LogP contribution in [0.5, 0.6) is 0 Å². The van der Waals surface area contributed by atoms with Gasteiger partial charge in [0.1, 0.15) is 0 Å². The van der Waals surface area contributed by atoms with E-state index in [-0.39, 0.29) is 0 Å². The summed E-state index contributed by atoms with van der Waals surface area (Å²) in [6, 6.07) is 6.97. The number of hydrogen-bond acceptors (Lipinski definition) is 2. The second-order valence-corrected chi connectivity index (χ2v) is 4.15. The fraction of sp³-hybridized carbons (Fsp3) is 0.167. The van der Waals surface area contributed by atoms with E-state index in [2.05, 4.69) is 0 Å². The quantitative estimate of drug-likeness (QED) is 0.738. The first kappa shape index (κ1) is 10.9. The number of amides is 1. The first-order valence-electron chi connectivity index (χ1n) is 4.88. The standard InChI is InChI=1S/C12H10ClNO2/c1-8(13)6-7-14-10-5-3-2-4-9(10)11(15)12(14)16/h2-6H,7H2,1H3/b8-6-. The van der Waals surface area contributed by atoms with E-state index in [0.29, 0.717) is 22.8 Å². The van der Waals surface area contributed by atoms with Crippen LogP contribution in [0.1, 0.15) is 17.3 Å². The smallest absolute Gasteiger partial charge is 0.299 e. The van der Waals surface area contributed by atoms with Gasteiger partial charge in [0, 0.05) is 11.6 Å². The number of rotatable bonds is 2. The first-order chi connectivity index (χ1) is 7.61. The molecule has 0 saturated heterocycles. The average molecular weight is 236 g/mol. The van der Waals surface area contributed by atoms with Crippen molar-refractivity contribution in [3.8, 4) is 0 Å². The van der Waals surface area contributed by atoms with E-state index in [9.17, 15) is 9.59 Å². The summed E-state index contributed by atoms with van der Waals surface area (Å²) in [6.45, 7) is 2.06. The molecule has 0 aromatic heterocycles. The number of anilines is 1. The normalized spacial score (nSPS) is 15.6. The van der Waals surface area contributed by atoms with Crippen LogP contribution in [0.3, 0.4) is 0 Å². The Kier molecular flexibility index (Phi) is 2.79. The summed E-state index contributed by atoms with van der Waals surface area (Å²) in [5.41, 5.74) is 1.12. The molecule has 0 bridgehead atoms. The van der Waals surface area contributed by atoms with Crippen molar-refractivity contribution in [2.24, 2.45) is 0 Å². The summed E-state index contributed by atoms with van der Waals surface area (Å²) in [5.74, 6) is -0.938. The lowest BCUT2D eigenvalue weighted by Crippen LogP contribution is -2.29. The van der Waals surface area contributed by atoms with Crippen molar-refractivity contribution in [3.63, 3.8) is 0 Å². The van der Waals surface area contributed by atoms with E-state index in [0.717, 1.165) is 0 Å². The van der Waals surface area contributed by atoms with Gasteiger partial charge in [-0.25, -0.2) is 0 Å². The summed E-state index contributed by atoms with van der Waals surface area (Å²) in [6.07, 6.45) is 1.70. The molecule has 0 atom stereocenters. The molecule has 1 amide bonds. The number of benzene rings is 1. The fourth-order valence-electron chi connectivity index (χ4n) is 1.65. The molecule has 1 heterocycles. The predicted octanol–water partition coefficient (Wildman–Crippen LogP) is 2.36. The summed E-state index contributed by atoms with van der Waals surface area (Å²) < 4.78 is 0. The summed E-state index contributed by atoms with van der Waals surface area (Å²) in [4.78, 5) is 24.7. The van der Waals surface area contributed by atoms with Crippen molar-refractivity contribution >= 4 is 29.0 Å². The molecule has 1 aliphatic heterocycles. The third-order valence-electron chi connectivity index (χ3n) is 2.43. The maximum absolute atomic E-state index is 11.7. The number of halogens is 1. The van der Waals surface area contributed by atoms with Gasteiger partial charge in [0.15, 0.2) is 0 Å². The molecule has 0 aliphatic carbocycles. The molecule has 1 aliphatic rings. The van der Waals surface area contributed by atoms with Crippen LogP contribution >= 0.6 is 11.6 Å². The Morgan fingerprint density at radius 1 is 1.38 bits per heavy atom. The highest BCUT2D eigenvalue weighted by Crippen LogP contribution is 2.28. The van der Waals surface area contributed by atoms with E-state index in [1.807, 2.05) is 0 Å². The van der Waals surface area contributed by atoms with E-state index in [1.54, 1.807) is 37.3 Å². The van der Waals surface area contributed by atoms with Gasteiger partial charge in [-0.2, -0.15) is 0 Å². The molecule has 0 fully saturated rings. The van der Waals surface area contributed by atoms with E-state index < -0.39 is 11.7 Å². The van der Waals surface area contributed by atoms with E-state index in [1.165, 1.54) is 4.90 Å². The van der Waals surface area contributed by atoms with Gasteiger partial charge >= 0.3 is 0 Å². The molecular weight excluding hydrogens is 226 g/mol. The Morgan fingerprint density at radius 2 is 2.06 bits per heavy atom. The Morgan fingerprint density at radius 3 is 2.75 bits per heavy atom. The van der Waals surface area contributed by atoms with Crippen LogP contribution < -0.4 is 4.90 Å². The summed E-state index contributed by atoms with van der Waals surface area (Å²) in [7, 11) is 0. The van der Waals surface area contributed by atoms with Gasteiger partial charge in [-0.05, 0) is 19.1 Å². The zero-order valence-electron chi connectivity index (χ0n) is 8.74. The van der Waals surface area contributed by atoms with Crippen LogP contribution in [0.2, 0.25) is 0 Å². The minimum atomic E-state index is -0.490. The van der Waals surface area contributed by atoms with E-state index in [4.69, 9.17) is 11.6 Å². The average Bonchev–Trinajstić information content (AvgIpc) is 2.50. The largest absolute Gasteiger partial charge is 0.301 e. The van der Waals surface area contributed by atoms with Crippen LogP contribution in [0, 0.1) is 0 Å². The topological polar surface area (TPSA) is 37.4 Å². The SMILES string of the molecule is C/C(Cl)=C/CN1C(=O)C(=O)c2ccccc21. The highest BCUT2D eigenvalue weighted by Gasteiger charge is 2.34. The van der Waals surface area contributed by atoms with Crippen molar-refractivity contribution in [1.29, 1.82) is 0 Å². The van der Waals surface area contributed by atoms with Gasteiger partial charge in [-0.1, -0.05) is 29.8 Å². The lowest BCUT2D eigenvalue weighted by atomic mass is 10.1. The minimum Gasteiger partial charge on any atom is -0.301 e. The number of Topliss-reactive ketones (excluding diaryl/α,β-unsaturated/α-hetero) is 1. The number of carbonyl (C=O) groups is 2. The number of nitrogens with zero attached hydrogens (tertiary/aromatic N) is 1. The minimum absolute atomic E-state index is 0.330. The molecule has 4 heteroatoms. The predicted molar refractivity (Wildman–Crippen MR) is 62.7 cm³/mol. The van der Waals surface area contributed by atoms with Crippen molar-refractivity contribution in [1.82, 2.24) is 0 Å². The molecule has 1 aromatic carbocycles. The number of allylic oxidation sites excluding steroid dienone is 1. The highest BCUT2D eigenvalue weighted by molar-refractivity contribution is 6.52. The van der Waals surface area contributed by atoms with Crippen molar-refractivity contribution in [2.75, 3.05) is 11.4 Å². The lowest BCUT2D eigenvalue weighted by molar-refractivity contribution is -0.114. The van der Waals surface area contributed by atoms with Crippen LogP contribution in [0.4, 0.5) is 5.69 Å². The summed E-state index contributed by atoms with van der Waals surface area (Å²) >= 11 is 5.71. The maximum Gasteiger partial charge on any atom is 0.299 e. The molecule has 16 heavy (non-hydrogen) atoms. The maximum atomic E-state index is 11.7. The second-order valence-electron chi connectivity index (χ2n) is 3.55. The number of ketones is 1. The van der Waals surface area contributed by atoms with Gasteiger partial charge in [-0.3, -0.25) is 9.59 Å². The van der Waals surface area contributed by atoms with Gasteiger partial charge in [0.25, 0.3) is 11.7 Å². The molecule has 1 aromatic rings. The second kappa shape index (κ2) is 4.10. The molecule has 0 saturated carbocycles. The first-order valence-corrected chi connectivity index (χ1v) is 5.26. The zero-order chi connectivity index (χ0) is 11.7. The molecular formula is C12H10ClNO2. The molecule has 3 nitrogen and oxygen atoms in total. The Balaban J connectivity index is 2.38. The van der Waals surface area contributed by atoms with Gasteiger partial charge in [0.05, 0.1) is 11.3 Å². The van der Waals surface area contributed by atoms with Gasteiger partial charge < -0.3 is 4.90 Å². The number of para-hydroxylation sites is 1. The number of carbonyl (C=O) groups excluding carboxylic acids is 2. The van der Waals surface area contributed by atoms with Gasteiger partial charge in [0.2, 0.25) is 0 Å². The third kappa shape index (κ3) is 1.74. The van der Waals surface area contributed by atoms with Crippen molar-refractivity contribution < 1.29 is 9.59 Å². The lowest BCUT2D eigenvalue weighted by Gasteiger charge is -2.13. The van der Waals surface area contributed by atoms with Crippen LogP contribution in [-0.4, -0.2) is 18.2 Å². The summed E-state index contributed by atoms with van der Waals surface area (Å²) in [5, 5.41) is 0.602. The number of hydrogen-bond donors (Lipinski definition) is 0. The third-order valence-corrected chi connectivity index (χ3v) is 2.59. The highest BCUT2D eigenvalue weighted by atomic mass is 35.5. The van der Waals surface area contributed by atoms with E-state index >= 15 is 0 Å². The monoisotopic (exact) mass is 235 g/mol. The van der Waals surface area contributed by atoms with Crippen molar-refractivity contribution in [3.05, 3.63) is 40.9 Å². The Bertz CT molecular complexity index is 490. The molecule has 0 spiro atoms. The van der Waals surface area contributed by atoms with Crippen molar-refractivity contribution in [2.45, 2.75) is 6.92 Å². The fourth-order valence-corrected chi connectivity index (χ4v) is 1.72. The number of fused-ring (bicyclic) bond motifs is 1. The molecule has 0 unspecified atom stereocenters. The Hall–Kier alpha value is -1.61. The van der Waals surface area contributed by atoms with Crippen LogP contribution in [-0.2, 0) is 4.79 Å². The molecule has 0 N–H and O–H groups in total. The molecule has 2 rings (SSSR count). The molecule has 82 valence electrons. The van der Waals surface area contributed by atoms with Gasteiger partial charge in [-0.15, -0.1) is 0 Å². The Labute approximate surface area is 98.3 Å².